The number of hydrogen-bond acceptors (Lipinski definition) is 4. The van der Waals surface area contributed by atoms with Gasteiger partial charge in [0.1, 0.15) is 6.54 Å². The third-order valence-electron chi connectivity index (χ3n) is 2.48. The number of rotatable bonds is 5. The summed E-state index contributed by atoms with van der Waals surface area (Å²) in [5.41, 5.74) is 1.04. The Balaban J connectivity index is 2.20. The van der Waals surface area contributed by atoms with Gasteiger partial charge in [-0.2, -0.15) is 5.10 Å². The fraction of sp³-hybridized carbons (Fsp3) is 0.167. The van der Waals surface area contributed by atoms with Crippen molar-refractivity contribution in [2.75, 3.05) is 4.72 Å². The van der Waals surface area contributed by atoms with E-state index in [0.29, 0.717) is 0 Å². The zero-order valence-electron chi connectivity index (χ0n) is 10.6. The van der Waals surface area contributed by atoms with E-state index in [1.54, 1.807) is 25.1 Å². The Bertz CT molecular complexity index is 737. The first-order valence-electron chi connectivity index (χ1n) is 5.70. The number of nitrogens with zero attached hydrogens (tertiary/aromatic N) is 2. The zero-order chi connectivity index (χ0) is 14.8. The standard InChI is InChI=1S/C12H13N3O4S/c1-9-3-2-4-11(5-9)20(18,19)14-10-6-13-15(7-10)8-12(16)17/h2-7,14H,8H2,1H3,(H,16,17). The number of anilines is 1. The second kappa shape index (κ2) is 5.33. The molecule has 1 aromatic carbocycles. The van der Waals surface area contributed by atoms with Gasteiger partial charge in [0.25, 0.3) is 10.0 Å². The summed E-state index contributed by atoms with van der Waals surface area (Å²) in [6.45, 7) is 1.47. The molecule has 0 bridgehead atoms. The monoisotopic (exact) mass is 295 g/mol. The minimum absolute atomic E-state index is 0.142. The van der Waals surface area contributed by atoms with E-state index in [9.17, 15) is 13.2 Å². The molecule has 20 heavy (non-hydrogen) atoms. The van der Waals surface area contributed by atoms with Crippen LogP contribution in [0.3, 0.4) is 0 Å². The summed E-state index contributed by atoms with van der Waals surface area (Å²) in [7, 11) is -3.70. The molecule has 1 aromatic heterocycles. The molecule has 7 nitrogen and oxygen atoms in total. The van der Waals surface area contributed by atoms with Gasteiger partial charge in [-0.25, -0.2) is 8.42 Å². The van der Waals surface area contributed by atoms with Crippen LogP contribution in [0.15, 0.2) is 41.6 Å². The molecule has 0 aliphatic carbocycles. The Labute approximate surface area is 115 Å². The molecule has 2 N–H and O–H groups in total. The van der Waals surface area contributed by atoms with Crippen molar-refractivity contribution >= 4 is 21.7 Å². The van der Waals surface area contributed by atoms with Crippen LogP contribution in [0, 0.1) is 6.92 Å². The van der Waals surface area contributed by atoms with Crippen molar-refractivity contribution in [1.29, 1.82) is 0 Å². The molecular formula is C12H13N3O4S. The summed E-state index contributed by atoms with van der Waals surface area (Å²) in [5, 5.41) is 12.4. The molecule has 2 aromatic rings. The van der Waals surface area contributed by atoms with E-state index in [-0.39, 0.29) is 17.1 Å². The van der Waals surface area contributed by atoms with Gasteiger partial charge in [0.05, 0.1) is 16.8 Å². The van der Waals surface area contributed by atoms with E-state index in [0.717, 1.165) is 10.2 Å². The molecule has 0 saturated carbocycles. The maximum absolute atomic E-state index is 12.1. The SMILES string of the molecule is Cc1cccc(S(=O)(=O)Nc2cnn(CC(=O)O)c2)c1. The lowest BCUT2D eigenvalue weighted by Gasteiger charge is -2.06. The van der Waals surface area contributed by atoms with E-state index in [2.05, 4.69) is 9.82 Å². The highest BCUT2D eigenvalue weighted by Gasteiger charge is 2.15. The molecular weight excluding hydrogens is 282 g/mol. The highest BCUT2D eigenvalue weighted by molar-refractivity contribution is 7.92. The van der Waals surface area contributed by atoms with Gasteiger partial charge in [0.2, 0.25) is 0 Å². The van der Waals surface area contributed by atoms with Crippen LogP contribution >= 0.6 is 0 Å². The number of carboxylic acids is 1. The third kappa shape index (κ3) is 3.35. The molecule has 0 unspecified atom stereocenters. The fourth-order valence-electron chi connectivity index (χ4n) is 1.64. The van der Waals surface area contributed by atoms with Crippen LogP contribution in [0.4, 0.5) is 5.69 Å². The molecule has 0 atom stereocenters. The summed E-state index contributed by atoms with van der Waals surface area (Å²) in [6, 6.07) is 6.47. The van der Waals surface area contributed by atoms with Crippen LogP contribution in [0.5, 0.6) is 0 Å². The topological polar surface area (TPSA) is 101 Å². The van der Waals surface area contributed by atoms with Crippen molar-refractivity contribution < 1.29 is 18.3 Å². The Morgan fingerprint density at radius 3 is 2.85 bits per heavy atom. The van der Waals surface area contributed by atoms with Crippen LogP contribution in [-0.4, -0.2) is 29.3 Å². The predicted molar refractivity (Wildman–Crippen MR) is 71.9 cm³/mol. The normalized spacial score (nSPS) is 11.2. The van der Waals surface area contributed by atoms with Crippen LogP contribution in [-0.2, 0) is 21.4 Å². The quantitative estimate of drug-likeness (QED) is 0.859. The molecule has 0 saturated heterocycles. The molecule has 106 valence electrons. The largest absolute Gasteiger partial charge is 0.480 e. The molecule has 0 fully saturated rings. The van der Waals surface area contributed by atoms with Crippen molar-refractivity contribution in [3.63, 3.8) is 0 Å². The minimum atomic E-state index is -3.70. The molecule has 0 spiro atoms. The first kappa shape index (κ1) is 14.1. The van der Waals surface area contributed by atoms with E-state index < -0.39 is 16.0 Å². The third-order valence-corrected chi connectivity index (χ3v) is 3.86. The van der Waals surface area contributed by atoms with Crippen molar-refractivity contribution in [2.45, 2.75) is 18.4 Å². The lowest BCUT2D eigenvalue weighted by molar-refractivity contribution is -0.137. The molecule has 0 aliphatic heterocycles. The second-order valence-corrected chi connectivity index (χ2v) is 5.92. The summed E-state index contributed by atoms with van der Waals surface area (Å²) in [6.07, 6.45) is 2.58. The Morgan fingerprint density at radius 2 is 2.20 bits per heavy atom. The number of aliphatic carboxylic acids is 1. The Hall–Kier alpha value is -2.35. The molecule has 2 rings (SSSR count). The van der Waals surface area contributed by atoms with Gasteiger partial charge in [0.15, 0.2) is 0 Å². The number of hydrogen-bond donors (Lipinski definition) is 2. The van der Waals surface area contributed by atoms with Gasteiger partial charge in [-0.3, -0.25) is 14.2 Å². The van der Waals surface area contributed by atoms with Gasteiger partial charge in [-0.15, -0.1) is 0 Å². The highest BCUT2D eigenvalue weighted by atomic mass is 32.2. The van der Waals surface area contributed by atoms with Crippen LogP contribution in [0.1, 0.15) is 5.56 Å². The fourth-order valence-corrected chi connectivity index (χ4v) is 2.77. The zero-order valence-corrected chi connectivity index (χ0v) is 11.5. The lowest BCUT2D eigenvalue weighted by atomic mass is 10.2. The first-order valence-corrected chi connectivity index (χ1v) is 7.19. The number of nitrogens with one attached hydrogen (secondary N) is 1. The Kier molecular flexibility index (Phi) is 3.75. The minimum Gasteiger partial charge on any atom is -0.480 e. The van der Waals surface area contributed by atoms with Gasteiger partial charge >= 0.3 is 5.97 Å². The van der Waals surface area contributed by atoms with Crippen LogP contribution in [0.25, 0.3) is 0 Å². The number of sulfonamides is 1. The average Bonchev–Trinajstić information content (AvgIpc) is 2.74. The number of carbonyl (C=O) groups is 1. The van der Waals surface area contributed by atoms with E-state index in [1.165, 1.54) is 18.5 Å². The van der Waals surface area contributed by atoms with Crippen molar-refractivity contribution in [1.82, 2.24) is 9.78 Å². The van der Waals surface area contributed by atoms with E-state index >= 15 is 0 Å². The van der Waals surface area contributed by atoms with Crippen molar-refractivity contribution in [3.05, 3.63) is 42.2 Å². The van der Waals surface area contributed by atoms with Crippen LogP contribution in [0.2, 0.25) is 0 Å². The molecule has 0 amide bonds. The molecule has 1 heterocycles. The Morgan fingerprint density at radius 1 is 1.45 bits per heavy atom. The van der Waals surface area contributed by atoms with Crippen molar-refractivity contribution in [2.24, 2.45) is 0 Å². The number of benzene rings is 1. The van der Waals surface area contributed by atoms with E-state index in [4.69, 9.17) is 5.11 Å². The maximum atomic E-state index is 12.1. The maximum Gasteiger partial charge on any atom is 0.325 e. The predicted octanol–water partition coefficient (Wildman–Crippen LogP) is 1.08. The van der Waals surface area contributed by atoms with Gasteiger partial charge < -0.3 is 5.11 Å². The molecule has 0 aliphatic rings. The smallest absolute Gasteiger partial charge is 0.325 e. The average molecular weight is 295 g/mol. The van der Waals surface area contributed by atoms with Crippen LogP contribution < -0.4 is 4.72 Å². The van der Waals surface area contributed by atoms with E-state index in [1.807, 2.05) is 0 Å². The highest BCUT2D eigenvalue weighted by Crippen LogP contribution is 2.16. The van der Waals surface area contributed by atoms with Gasteiger partial charge in [0, 0.05) is 6.20 Å². The second-order valence-electron chi connectivity index (χ2n) is 4.24. The van der Waals surface area contributed by atoms with Gasteiger partial charge in [-0.05, 0) is 24.6 Å². The number of aromatic nitrogens is 2. The molecule has 8 heteroatoms. The number of carboxylic acid groups (broad SMARTS) is 1. The lowest BCUT2D eigenvalue weighted by Crippen LogP contribution is -2.13. The summed E-state index contributed by atoms with van der Waals surface area (Å²) < 4.78 is 27.7. The summed E-state index contributed by atoms with van der Waals surface area (Å²) >= 11 is 0. The summed E-state index contributed by atoms with van der Waals surface area (Å²) in [5.74, 6) is -1.05. The van der Waals surface area contributed by atoms with Crippen molar-refractivity contribution in [3.8, 4) is 0 Å². The first-order chi connectivity index (χ1) is 9.37. The van der Waals surface area contributed by atoms with Gasteiger partial charge in [-0.1, -0.05) is 12.1 Å². The molecule has 0 radical (unpaired) electrons. The number of aryl methyl sites for hydroxylation is 1. The summed E-state index contributed by atoms with van der Waals surface area (Å²) in [4.78, 5) is 10.7.